The summed E-state index contributed by atoms with van der Waals surface area (Å²) in [5.74, 6) is 0. The van der Waals surface area contributed by atoms with E-state index in [2.05, 4.69) is 0 Å². The van der Waals surface area contributed by atoms with Crippen molar-refractivity contribution in [3.63, 3.8) is 0 Å². The van der Waals surface area contributed by atoms with Crippen molar-refractivity contribution in [2.45, 2.75) is 6.92 Å². The summed E-state index contributed by atoms with van der Waals surface area (Å²) in [7, 11) is 0. The topological polar surface area (TPSA) is 60.2 Å². The Bertz CT molecular complexity index is 376. The van der Waals surface area contributed by atoms with E-state index in [4.69, 9.17) is 11.6 Å². The first-order valence-corrected chi connectivity index (χ1v) is 3.85. The number of carbonyl (C=O) groups excluding carboxylic acids is 1. The highest BCUT2D eigenvalue weighted by Crippen LogP contribution is 2.23. The highest BCUT2D eigenvalue weighted by Gasteiger charge is 2.19. The van der Waals surface area contributed by atoms with E-state index in [1.165, 1.54) is 12.1 Å². The first-order valence-electron chi connectivity index (χ1n) is 3.48. The van der Waals surface area contributed by atoms with Crippen LogP contribution in [0, 0.1) is 17.0 Å². The third kappa shape index (κ3) is 1.84. The zero-order valence-electron chi connectivity index (χ0n) is 6.78. The first kappa shape index (κ1) is 9.67. The van der Waals surface area contributed by atoms with Gasteiger partial charge in [0, 0.05) is 6.07 Å². The third-order valence-electron chi connectivity index (χ3n) is 1.64. The molecule has 0 atom stereocenters. The molecule has 13 heavy (non-hydrogen) atoms. The van der Waals surface area contributed by atoms with Gasteiger partial charge in [0.15, 0.2) is 0 Å². The summed E-state index contributed by atoms with van der Waals surface area (Å²) in [6.45, 7) is 1.60. The number of rotatable bonds is 2. The van der Waals surface area contributed by atoms with E-state index in [-0.39, 0.29) is 11.3 Å². The van der Waals surface area contributed by atoms with Crippen LogP contribution in [0.15, 0.2) is 18.2 Å². The Kier molecular flexibility index (Phi) is 2.63. The number of halogens is 1. The predicted octanol–water partition coefficient (Wildman–Crippen LogP) is 2.28. The summed E-state index contributed by atoms with van der Waals surface area (Å²) >= 11 is 5.21. The lowest BCUT2D eigenvalue weighted by Gasteiger charge is -2.00. The van der Waals surface area contributed by atoms with Crippen LogP contribution in [0.5, 0.6) is 0 Å². The average Bonchev–Trinajstić information content (AvgIpc) is 2.02. The zero-order chi connectivity index (χ0) is 10.0. The molecule has 0 fully saturated rings. The van der Waals surface area contributed by atoms with Crippen LogP contribution >= 0.6 is 11.6 Å². The molecule has 0 spiro atoms. The van der Waals surface area contributed by atoms with Crippen molar-refractivity contribution in [1.82, 2.24) is 0 Å². The summed E-state index contributed by atoms with van der Waals surface area (Å²) < 4.78 is 0. The largest absolute Gasteiger partial charge is 0.281 e. The highest BCUT2D eigenvalue weighted by atomic mass is 35.5. The van der Waals surface area contributed by atoms with Crippen LogP contribution < -0.4 is 0 Å². The molecule has 4 nitrogen and oxygen atoms in total. The molecule has 0 saturated heterocycles. The van der Waals surface area contributed by atoms with Gasteiger partial charge in [-0.2, -0.15) is 0 Å². The summed E-state index contributed by atoms with van der Waals surface area (Å²) in [4.78, 5) is 20.7. The number of benzene rings is 1. The number of aryl methyl sites for hydroxylation is 1. The molecule has 0 unspecified atom stereocenters. The molecule has 0 heterocycles. The van der Waals surface area contributed by atoms with Gasteiger partial charge < -0.3 is 0 Å². The van der Waals surface area contributed by atoms with Gasteiger partial charge in [0.05, 0.1) is 4.92 Å². The van der Waals surface area contributed by atoms with Crippen molar-refractivity contribution >= 4 is 22.5 Å². The van der Waals surface area contributed by atoms with Crippen LogP contribution in [-0.2, 0) is 0 Å². The van der Waals surface area contributed by atoms with Crippen molar-refractivity contribution in [2.75, 3.05) is 0 Å². The van der Waals surface area contributed by atoms with Crippen LogP contribution in [-0.4, -0.2) is 10.2 Å². The van der Waals surface area contributed by atoms with Crippen LogP contribution in [0.1, 0.15) is 15.9 Å². The van der Waals surface area contributed by atoms with Gasteiger partial charge in [0.1, 0.15) is 5.56 Å². The van der Waals surface area contributed by atoms with Crippen molar-refractivity contribution in [2.24, 2.45) is 0 Å². The van der Waals surface area contributed by atoms with E-state index < -0.39 is 10.2 Å². The first-order chi connectivity index (χ1) is 6.04. The standard InChI is InChI=1S/C8H6ClNO3/c1-5-3-2-4-6(10(12)13)7(5)8(9)11/h2-4H,1H3. The lowest BCUT2D eigenvalue weighted by Crippen LogP contribution is -2.00. The Balaban J connectivity index is 3.43. The Morgan fingerprint density at radius 1 is 1.54 bits per heavy atom. The Morgan fingerprint density at radius 3 is 2.54 bits per heavy atom. The molecule has 0 aliphatic rings. The molecule has 0 bridgehead atoms. The number of hydrogen-bond donors (Lipinski definition) is 0. The molecule has 1 rings (SSSR count). The fourth-order valence-electron chi connectivity index (χ4n) is 1.06. The van der Waals surface area contributed by atoms with Gasteiger partial charge in [-0.15, -0.1) is 0 Å². The van der Waals surface area contributed by atoms with Crippen LogP contribution in [0.2, 0.25) is 0 Å². The van der Waals surface area contributed by atoms with E-state index in [9.17, 15) is 14.9 Å². The fourth-order valence-corrected chi connectivity index (χ4v) is 1.31. The molecule has 1 aromatic carbocycles. The molecule has 0 N–H and O–H groups in total. The minimum Gasteiger partial charge on any atom is -0.275 e. The minimum atomic E-state index is -0.801. The second-order valence-corrected chi connectivity index (χ2v) is 2.84. The van der Waals surface area contributed by atoms with Gasteiger partial charge in [-0.05, 0) is 24.1 Å². The maximum Gasteiger partial charge on any atom is 0.281 e. The fraction of sp³-hybridized carbons (Fsp3) is 0.125. The summed E-state index contributed by atoms with van der Waals surface area (Å²) in [5.41, 5.74) is 0.225. The highest BCUT2D eigenvalue weighted by molar-refractivity contribution is 6.68. The number of carbonyl (C=O) groups is 1. The summed E-state index contributed by atoms with van der Waals surface area (Å²) in [6.07, 6.45) is 0. The van der Waals surface area contributed by atoms with E-state index in [0.717, 1.165) is 0 Å². The molecule has 0 aliphatic carbocycles. The van der Waals surface area contributed by atoms with Crippen LogP contribution in [0.3, 0.4) is 0 Å². The molecule has 0 aromatic heterocycles. The Hall–Kier alpha value is -1.42. The van der Waals surface area contributed by atoms with E-state index in [1.807, 2.05) is 0 Å². The normalized spacial score (nSPS) is 9.69. The van der Waals surface area contributed by atoms with Gasteiger partial charge in [0.25, 0.3) is 10.9 Å². The van der Waals surface area contributed by atoms with E-state index in [0.29, 0.717) is 5.56 Å². The molecular formula is C8H6ClNO3. The predicted molar refractivity (Wildman–Crippen MR) is 48.0 cm³/mol. The SMILES string of the molecule is Cc1cccc([N+](=O)[O-])c1C(=O)Cl. The smallest absolute Gasteiger partial charge is 0.275 e. The number of nitro groups is 1. The number of nitrogens with zero attached hydrogens (tertiary/aromatic N) is 1. The molecule has 1 aromatic rings. The second-order valence-electron chi connectivity index (χ2n) is 2.50. The second kappa shape index (κ2) is 3.53. The molecule has 68 valence electrons. The lowest BCUT2D eigenvalue weighted by molar-refractivity contribution is -0.385. The number of hydrogen-bond acceptors (Lipinski definition) is 3. The van der Waals surface area contributed by atoms with E-state index in [1.54, 1.807) is 13.0 Å². The van der Waals surface area contributed by atoms with Crippen LogP contribution in [0.25, 0.3) is 0 Å². The monoisotopic (exact) mass is 199 g/mol. The molecule has 0 radical (unpaired) electrons. The van der Waals surface area contributed by atoms with Crippen molar-refractivity contribution in [1.29, 1.82) is 0 Å². The van der Waals surface area contributed by atoms with E-state index >= 15 is 0 Å². The molecular weight excluding hydrogens is 194 g/mol. The summed E-state index contributed by atoms with van der Waals surface area (Å²) in [6, 6.07) is 4.36. The van der Waals surface area contributed by atoms with Gasteiger partial charge in [-0.25, -0.2) is 0 Å². The van der Waals surface area contributed by atoms with Crippen molar-refractivity contribution in [3.8, 4) is 0 Å². The Labute approximate surface area is 79.3 Å². The molecule has 5 heteroatoms. The quantitative estimate of drug-likeness (QED) is 0.417. The zero-order valence-corrected chi connectivity index (χ0v) is 7.54. The minimum absolute atomic E-state index is 0.0332. The van der Waals surface area contributed by atoms with Gasteiger partial charge in [0.2, 0.25) is 0 Å². The Morgan fingerprint density at radius 2 is 2.15 bits per heavy atom. The van der Waals surface area contributed by atoms with Gasteiger partial charge in [-0.1, -0.05) is 12.1 Å². The average molecular weight is 200 g/mol. The van der Waals surface area contributed by atoms with Gasteiger partial charge in [-0.3, -0.25) is 14.9 Å². The van der Waals surface area contributed by atoms with Crippen LogP contribution in [0.4, 0.5) is 5.69 Å². The maximum absolute atomic E-state index is 10.9. The third-order valence-corrected chi connectivity index (χ3v) is 1.83. The van der Waals surface area contributed by atoms with Crippen molar-refractivity contribution < 1.29 is 9.72 Å². The lowest BCUT2D eigenvalue weighted by atomic mass is 10.1. The van der Waals surface area contributed by atoms with Gasteiger partial charge >= 0.3 is 0 Å². The molecule has 0 aliphatic heterocycles. The summed E-state index contributed by atoms with van der Waals surface area (Å²) in [5, 5.41) is 9.67. The molecule has 0 amide bonds. The maximum atomic E-state index is 10.9. The number of nitro benzene ring substituents is 1. The molecule has 0 saturated carbocycles. The van der Waals surface area contributed by atoms with Crippen molar-refractivity contribution in [3.05, 3.63) is 39.4 Å².